The van der Waals surface area contributed by atoms with E-state index in [9.17, 15) is 4.79 Å². The van der Waals surface area contributed by atoms with Crippen LogP contribution in [0.15, 0.2) is 16.9 Å². The molecule has 1 aromatic heterocycles. The van der Waals surface area contributed by atoms with Crippen molar-refractivity contribution in [3.8, 4) is 0 Å². The summed E-state index contributed by atoms with van der Waals surface area (Å²) < 4.78 is 0.520. The summed E-state index contributed by atoms with van der Waals surface area (Å²) >= 11 is 8.64. The molecule has 0 aromatic carbocycles. The summed E-state index contributed by atoms with van der Waals surface area (Å²) in [6, 6.07) is 1.55. The lowest BCUT2D eigenvalue weighted by Gasteiger charge is -1.93. The maximum Gasteiger partial charge on any atom is 0.152 e. The molecule has 0 aliphatic carbocycles. The number of carbonyl (C=O) groups excluding carboxylic acids is 1. The second kappa shape index (κ2) is 3.12. The number of hydrogen-bond acceptors (Lipinski definition) is 2. The number of halogens is 2. The van der Waals surface area contributed by atoms with Crippen LogP contribution >= 0.6 is 27.5 Å². The maximum atomic E-state index is 10.3. The van der Waals surface area contributed by atoms with Crippen LogP contribution in [0.3, 0.4) is 0 Å². The summed E-state index contributed by atoms with van der Waals surface area (Å²) in [6.07, 6.45) is 2.17. The van der Waals surface area contributed by atoms with Gasteiger partial charge in [-0.05, 0) is 22.0 Å². The fourth-order valence-corrected chi connectivity index (χ4v) is 0.998. The summed E-state index contributed by atoms with van der Waals surface area (Å²) in [4.78, 5) is 14.1. The van der Waals surface area contributed by atoms with Crippen molar-refractivity contribution in [1.82, 2.24) is 4.98 Å². The molecule has 0 atom stereocenters. The monoisotopic (exact) mass is 219 g/mol. The molecule has 0 bridgehead atoms. The maximum absolute atomic E-state index is 10.3. The molecule has 0 saturated heterocycles. The predicted molar refractivity (Wildman–Crippen MR) is 42.3 cm³/mol. The van der Waals surface area contributed by atoms with Crippen molar-refractivity contribution < 1.29 is 4.79 Å². The van der Waals surface area contributed by atoms with E-state index in [1.807, 2.05) is 0 Å². The van der Waals surface area contributed by atoms with Gasteiger partial charge in [-0.15, -0.1) is 0 Å². The van der Waals surface area contributed by atoms with E-state index in [0.717, 1.165) is 0 Å². The topological polar surface area (TPSA) is 30.0 Å². The fourth-order valence-electron chi connectivity index (χ4n) is 0.521. The van der Waals surface area contributed by atoms with E-state index < -0.39 is 0 Å². The van der Waals surface area contributed by atoms with E-state index in [1.54, 1.807) is 6.07 Å². The molecule has 52 valence electrons. The molecule has 2 nitrogen and oxygen atoms in total. The summed E-state index contributed by atoms with van der Waals surface area (Å²) in [5.74, 6) is 0. The normalized spacial score (nSPS) is 9.40. The van der Waals surface area contributed by atoms with Gasteiger partial charge in [-0.1, -0.05) is 11.6 Å². The van der Waals surface area contributed by atoms with E-state index in [0.29, 0.717) is 21.5 Å². The Labute approximate surface area is 71.3 Å². The van der Waals surface area contributed by atoms with Crippen molar-refractivity contribution >= 4 is 33.8 Å². The minimum absolute atomic E-state index is 0.463. The van der Waals surface area contributed by atoms with E-state index >= 15 is 0 Å². The summed E-state index contributed by atoms with van der Waals surface area (Å²) in [5.41, 5.74) is 0.465. The first-order valence-corrected chi connectivity index (χ1v) is 3.67. The zero-order chi connectivity index (χ0) is 7.56. The highest BCUT2D eigenvalue weighted by Crippen LogP contribution is 2.15. The number of aldehydes is 1. The van der Waals surface area contributed by atoms with E-state index in [4.69, 9.17) is 11.6 Å². The molecular weight excluding hydrogens is 217 g/mol. The first kappa shape index (κ1) is 7.69. The fraction of sp³-hybridized carbons (Fsp3) is 0. The van der Waals surface area contributed by atoms with Crippen molar-refractivity contribution in [2.75, 3.05) is 0 Å². The molecule has 0 fully saturated rings. The largest absolute Gasteiger partial charge is 0.298 e. The molecule has 1 rings (SSSR count). The number of pyridine rings is 1. The molecule has 0 radical (unpaired) electrons. The summed E-state index contributed by atoms with van der Waals surface area (Å²) in [6.45, 7) is 0. The van der Waals surface area contributed by atoms with Gasteiger partial charge in [-0.25, -0.2) is 4.98 Å². The zero-order valence-corrected chi connectivity index (χ0v) is 7.19. The highest BCUT2D eigenvalue weighted by atomic mass is 79.9. The molecule has 0 N–H and O–H groups in total. The average molecular weight is 220 g/mol. The van der Waals surface area contributed by atoms with Crippen molar-refractivity contribution in [1.29, 1.82) is 0 Å². The summed E-state index contributed by atoms with van der Waals surface area (Å²) in [5, 5.41) is 0.463. The van der Waals surface area contributed by atoms with Crippen molar-refractivity contribution in [3.63, 3.8) is 0 Å². The van der Waals surface area contributed by atoms with Crippen LogP contribution in [0.2, 0.25) is 5.02 Å². The van der Waals surface area contributed by atoms with Crippen molar-refractivity contribution in [2.45, 2.75) is 0 Å². The number of carbonyl (C=O) groups is 1. The van der Waals surface area contributed by atoms with Crippen LogP contribution in [0, 0.1) is 0 Å². The first-order valence-electron chi connectivity index (χ1n) is 2.50. The number of aromatic nitrogens is 1. The minimum atomic E-state index is 0.463. The number of nitrogens with zero attached hydrogens (tertiary/aromatic N) is 1. The van der Waals surface area contributed by atoms with Gasteiger partial charge in [0.05, 0.1) is 5.02 Å². The van der Waals surface area contributed by atoms with Crippen molar-refractivity contribution in [2.24, 2.45) is 0 Å². The van der Waals surface area contributed by atoms with Crippen LogP contribution in [-0.2, 0) is 0 Å². The van der Waals surface area contributed by atoms with E-state index in [-0.39, 0.29) is 0 Å². The van der Waals surface area contributed by atoms with Gasteiger partial charge in [0.2, 0.25) is 0 Å². The lowest BCUT2D eigenvalue weighted by atomic mass is 10.3. The van der Waals surface area contributed by atoms with Crippen LogP contribution in [0.5, 0.6) is 0 Å². The van der Waals surface area contributed by atoms with Gasteiger partial charge in [0.15, 0.2) is 6.29 Å². The van der Waals surface area contributed by atoms with Crippen LogP contribution in [0.1, 0.15) is 10.4 Å². The zero-order valence-electron chi connectivity index (χ0n) is 4.84. The number of rotatable bonds is 1. The molecule has 0 aliphatic rings. The third-order valence-electron chi connectivity index (χ3n) is 0.960. The molecule has 0 unspecified atom stereocenters. The second-order valence-corrected chi connectivity index (χ2v) is 2.84. The Balaban J connectivity index is 3.21. The highest BCUT2D eigenvalue weighted by Gasteiger charge is 1.98. The van der Waals surface area contributed by atoms with E-state index in [1.165, 1.54) is 6.20 Å². The third-order valence-corrected chi connectivity index (χ3v) is 1.83. The Bertz CT molecular complexity index is 264. The van der Waals surface area contributed by atoms with Gasteiger partial charge in [0, 0.05) is 11.8 Å². The molecule has 4 heteroatoms. The smallest absolute Gasteiger partial charge is 0.152 e. The van der Waals surface area contributed by atoms with Gasteiger partial charge in [0.25, 0.3) is 0 Å². The van der Waals surface area contributed by atoms with E-state index in [2.05, 4.69) is 20.9 Å². The molecular formula is C6H3BrClNO. The first-order chi connectivity index (χ1) is 4.74. The number of hydrogen-bond donors (Lipinski definition) is 0. The SMILES string of the molecule is O=Cc1cc(Cl)cnc1Br. The third kappa shape index (κ3) is 1.55. The Morgan fingerprint density at radius 2 is 2.40 bits per heavy atom. The van der Waals surface area contributed by atoms with Crippen LogP contribution in [0.4, 0.5) is 0 Å². The Hall–Kier alpha value is -0.410. The Morgan fingerprint density at radius 1 is 1.70 bits per heavy atom. The molecule has 10 heavy (non-hydrogen) atoms. The van der Waals surface area contributed by atoms with Crippen molar-refractivity contribution in [3.05, 3.63) is 27.5 Å². The van der Waals surface area contributed by atoms with Gasteiger partial charge < -0.3 is 0 Å². The lowest BCUT2D eigenvalue weighted by Crippen LogP contribution is -1.84. The molecule has 1 aromatic rings. The molecule has 0 saturated carbocycles. The Morgan fingerprint density at radius 3 is 2.90 bits per heavy atom. The average Bonchev–Trinajstić information content (AvgIpc) is 1.94. The predicted octanol–water partition coefficient (Wildman–Crippen LogP) is 2.31. The van der Waals surface area contributed by atoms with Gasteiger partial charge >= 0.3 is 0 Å². The quantitative estimate of drug-likeness (QED) is 0.537. The van der Waals surface area contributed by atoms with Crippen LogP contribution in [-0.4, -0.2) is 11.3 Å². The van der Waals surface area contributed by atoms with Crippen LogP contribution in [0.25, 0.3) is 0 Å². The van der Waals surface area contributed by atoms with Gasteiger partial charge in [0.1, 0.15) is 4.60 Å². The molecule has 0 amide bonds. The minimum Gasteiger partial charge on any atom is -0.298 e. The molecule has 1 heterocycles. The lowest BCUT2D eigenvalue weighted by molar-refractivity contribution is 0.112. The second-order valence-electron chi connectivity index (χ2n) is 1.65. The standard InChI is InChI=1S/C6H3BrClNO/c7-6-4(3-10)1-5(8)2-9-6/h1-3H. The molecule has 0 spiro atoms. The van der Waals surface area contributed by atoms with Gasteiger partial charge in [-0.3, -0.25) is 4.79 Å². The van der Waals surface area contributed by atoms with Crippen LogP contribution < -0.4 is 0 Å². The summed E-state index contributed by atoms with van der Waals surface area (Å²) in [7, 11) is 0. The Kier molecular flexibility index (Phi) is 2.40. The van der Waals surface area contributed by atoms with Gasteiger partial charge in [-0.2, -0.15) is 0 Å². The molecule has 0 aliphatic heterocycles. The highest BCUT2D eigenvalue weighted by molar-refractivity contribution is 9.10.